The Morgan fingerprint density at radius 2 is 2.10 bits per heavy atom. The highest BCUT2D eigenvalue weighted by atomic mass is 32.2. The number of carbonyl (C=O) groups is 1. The third-order valence-electron chi connectivity index (χ3n) is 3.95. The van der Waals surface area contributed by atoms with Crippen LogP contribution in [-0.4, -0.2) is 59.1 Å². The zero-order valence-corrected chi connectivity index (χ0v) is 14.2. The molecule has 0 spiro atoms. The molecule has 1 rings (SSSR count). The van der Waals surface area contributed by atoms with Crippen molar-refractivity contribution in [1.29, 1.82) is 0 Å². The Morgan fingerprint density at radius 3 is 2.62 bits per heavy atom. The Kier molecular flexibility index (Phi) is 7.47. The fraction of sp³-hybridized carbons (Fsp3) is 0.933. The second kappa shape index (κ2) is 8.36. The number of rotatable bonds is 8. The van der Waals surface area contributed by atoms with Gasteiger partial charge in [0.1, 0.15) is 0 Å². The highest BCUT2D eigenvalue weighted by Gasteiger charge is 2.36. The molecule has 21 heavy (non-hydrogen) atoms. The maximum absolute atomic E-state index is 11.7. The largest absolute Gasteiger partial charge is 0.466 e. The first-order valence-corrected chi connectivity index (χ1v) is 9.02. The molecular formula is C15H29NO4S. The van der Waals surface area contributed by atoms with Crippen LogP contribution in [0.4, 0.5) is 0 Å². The molecule has 0 aromatic rings. The summed E-state index contributed by atoms with van der Waals surface area (Å²) in [4.78, 5) is 11.7. The van der Waals surface area contributed by atoms with Crippen molar-refractivity contribution in [3.05, 3.63) is 0 Å². The van der Waals surface area contributed by atoms with Crippen molar-refractivity contribution in [2.75, 3.05) is 31.7 Å². The normalized spacial score (nSPS) is 28.9. The Balaban J connectivity index is 2.32. The molecule has 124 valence electrons. The van der Waals surface area contributed by atoms with Gasteiger partial charge in [0, 0.05) is 18.8 Å². The summed E-state index contributed by atoms with van der Waals surface area (Å²) >= 11 is 1.60. The predicted molar refractivity (Wildman–Crippen MR) is 85.4 cm³/mol. The molecule has 0 saturated heterocycles. The van der Waals surface area contributed by atoms with Crippen molar-refractivity contribution in [2.45, 2.75) is 50.7 Å². The van der Waals surface area contributed by atoms with Gasteiger partial charge in [-0.25, -0.2) is 0 Å². The Labute approximate surface area is 131 Å². The van der Waals surface area contributed by atoms with Gasteiger partial charge in [-0.1, -0.05) is 0 Å². The van der Waals surface area contributed by atoms with Gasteiger partial charge >= 0.3 is 5.97 Å². The van der Waals surface area contributed by atoms with Gasteiger partial charge in [0.05, 0.1) is 23.7 Å². The van der Waals surface area contributed by atoms with Crippen LogP contribution >= 0.6 is 11.8 Å². The lowest BCUT2D eigenvalue weighted by molar-refractivity contribution is -0.151. The summed E-state index contributed by atoms with van der Waals surface area (Å²) < 4.78 is 5.03. The van der Waals surface area contributed by atoms with E-state index in [1.54, 1.807) is 18.7 Å². The number of esters is 1. The van der Waals surface area contributed by atoms with E-state index < -0.39 is 11.2 Å². The van der Waals surface area contributed by atoms with Gasteiger partial charge in [-0.15, -0.1) is 0 Å². The molecule has 0 amide bonds. The second-order valence-electron chi connectivity index (χ2n) is 6.28. The number of hydrogen-bond acceptors (Lipinski definition) is 6. The number of nitrogens with one attached hydrogen (secondary N) is 1. The highest BCUT2D eigenvalue weighted by molar-refractivity contribution is 7.98. The monoisotopic (exact) mass is 319 g/mol. The molecule has 0 heterocycles. The fourth-order valence-corrected chi connectivity index (χ4v) is 3.48. The van der Waals surface area contributed by atoms with Crippen LogP contribution in [0, 0.1) is 5.92 Å². The van der Waals surface area contributed by atoms with Crippen LogP contribution in [0.1, 0.15) is 39.5 Å². The lowest BCUT2D eigenvalue weighted by Crippen LogP contribution is -2.49. The van der Waals surface area contributed by atoms with Gasteiger partial charge in [0.15, 0.2) is 0 Å². The molecule has 1 unspecified atom stereocenters. The quantitative estimate of drug-likeness (QED) is 0.583. The molecule has 0 aromatic heterocycles. The van der Waals surface area contributed by atoms with Gasteiger partial charge < -0.3 is 20.3 Å². The maximum Gasteiger partial charge on any atom is 0.308 e. The van der Waals surface area contributed by atoms with Gasteiger partial charge in [0.25, 0.3) is 0 Å². The van der Waals surface area contributed by atoms with Crippen LogP contribution in [-0.2, 0) is 9.53 Å². The first kappa shape index (κ1) is 18.7. The highest BCUT2D eigenvalue weighted by Crippen LogP contribution is 2.32. The molecule has 1 fully saturated rings. The Morgan fingerprint density at radius 1 is 1.48 bits per heavy atom. The second-order valence-corrected chi connectivity index (χ2v) is 7.15. The van der Waals surface area contributed by atoms with Crippen LogP contribution in [0.3, 0.4) is 0 Å². The summed E-state index contributed by atoms with van der Waals surface area (Å²) in [5.41, 5.74) is -1.55. The van der Waals surface area contributed by atoms with Gasteiger partial charge in [-0.05, 0) is 45.8 Å². The Hall–Kier alpha value is -0.300. The molecule has 1 aliphatic carbocycles. The van der Waals surface area contributed by atoms with Crippen LogP contribution in [0.5, 0.6) is 0 Å². The van der Waals surface area contributed by atoms with Crippen LogP contribution in [0.25, 0.3) is 0 Å². The van der Waals surface area contributed by atoms with E-state index in [-0.39, 0.29) is 11.9 Å². The van der Waals surface area contributed by atoms with Crippen molar-refractivity contribution >= 4 is 17.7 Å². The van der Waals surface area contributed by atoms with Crippen LogP contribution in [0.2, 0.25) is 0 Å². The van der Waals surface area contributed by atoms with E-state index in [1.165, 1.54) is 0 Å². The number of hydrogen-bond donors (Lipinski definition) is 3. The third-order valence-corrected chi connectivity index (χ3v) is 4.86. The fourth-order valence-electron chi connectivity index (χ4n) is 2.75. The lowest BCUT2D eigenvalue weighted by atomic mass is 9.78. The summed E-state index contributed by atoms with van der Waals surface area (Å²) in [7, 11) is 0. The van der Waals surface area contributed by atoms with Crippen molar-refractivity contribution in [3.8, 4) is 0 Å². The average Bonchev–Trinajstić information content (AvgIpc) is 2.39. The molecule has 3 N–H and O–H groups in total. The molecule has 0 radical (unpaired) electrons. The topological polar surface area (TPSA) is 78.8 Å². The summed E-state index contributed by atoms with van der Waals surface area (Å²) in [6, 6.07) is 0. The summed E-state index contributed by atoms with van der Waals surface area (Å²) in [5.74, 6) is 0.434. The zero-order chi connectivity index (χ0) is 15.9. The van der Waals surface area contributed by atoms with Crippen molar-refractivity contribution in [2.24, 2.45) is 5.92 Å². The minimum atomic E-state index is -0.779. The van der Waals surface area contributed by atoms with E-state index in [4.69, 9.17) is 4.74 Å². The predicted octanol–water partition coefficient (Wildman–Crippen LogP) is 1.17. The van der Waals surface area contributed by atoms with E-state index in [2.05, 4.69) is 5.32 Å². The van der Waals surface area contributed by atoms with E-state index in [0.717, 1.165) is 0 Å². The van der Waals surface area contributed by atoms with Crippen LogP contribution in [0.15, 0.2) is 0 Å². The summed E-state index contributed by atoms with van der Waals surface area (Å²) in [6.45, 7) is 4.91. The summed E-state index contributed by atoms with van der Waals surface area (Å²) in [5, 5.41) is 23.8. The molecular weight excluding hydrogens is 290 g/mol. The lowest BCUT2D eigenvalue weighted by Gasteiger charge is -2.36. The molecule has 0 aromatic carbocycles. The molecule has 5 nitrogen and oxygen atoms in total. The summed E-state index contributed by atoms with van der Waals surface area (Å²) in [6.07, 6.45) is 4.47. The van der Waals surface area contributed by atoms with E-state index >= 15 is 0 Å². The number of thioether (sulfide) groups is 1. The third kappa shape index (κ3) is 6.55. The molecule has 6 heteroatoms. The van der Waals surface area contributed by atoms with Crippen molar-refractivity contribution in [1.82, 2.24) is 5.32 Å². The van der Waals surface area contributed by atoms with E-state index in [9.17, 15) is 15.0 Å². The van der Waals surface area contributed by atoms with E-state index in [1.807, 2.05) is 13.2 Å². The zero-order valence-electron chi connectivity index (χ0n) is 13.4. The number of ether oxygens (including phenoxy) is 1. The first-order chi connectivity index (χ1) is 9.82. The molecule has 1 aliphatic rings. The molecule has 0 aliphatic heterocycles. The van der Waals surface area contributed by atoms with Crippen molar-refractivity contribution in [3.63, 3.8) is 0 Å². The SMILES string of the molecule is CCOC(=O)C1CCC(O)(CNCC(C)(O)CSC)CC1. The minimum Gasteiger partial charge on any atom is -0.466 e. The van der Waals surface area contributed by atoms with Gasteiger partial charge in [-0.2, -0.15) is 11.8 Å². The Bertz CT molecular complexity index is 328. The maximum atomic E-state index is 11.7. The average molecular weight is 319 g/mol. The molecule has 1 saturated carbocycles. The van der Waals surface area contributed by atoms with Gasteiger partial charge in [0.2, 0.25) is 0 Å². The van der Waals surface area contributed by atoms with Gasteiger partial charge in [-0.3, -0.25) is 4.79 Å². The molecule has 0 bridgehead atoms. The first-order valence-electron chi connectivity index (χ1n) is 7.63. The number of carbonyl (C=O) groups excluding carboxylic acids is 1. The number of aliphatic hydroxyl groups is 2. The van der Waals surface area contributed by atoms with Crippen molar-refractivity contribution < 1.29 is 19.7 Å². The molecule has 1 atom stereocenters. The van der Waals surface area contributed by atoms with E-state index in [0.29, 0.717) is 51.1 Å². The minimum absolute atomic E-state index is 0.0789. The van der Waals surface area contributed by atoms with Crippen LogP contribution < -0.4 is 5.32 Å². The smallest absolute Gasteiger partial charge is 0.308 e. The standard InChI is InChI=1S/C15H29NO4S/c1-4-20-13(17)12-5-7-15(19,8-6-12)10-16-9-14(2,18)11-21-3/h12,16,18-19H,4-11H2,1-3H3.